The summed E-state index contributed by atoms with van der Waals surface area (Å²) in [5.74, 6) is 2.77. The topological polar surface area (TPSA) is 55.8 Å². The van der Waals surface area contributed by atoms with Crippen LogP contribution in [0.15, 0.2) is 29.7 Å². The van der Waals surface area contributed by atoms with Crippen molar-refractivity contribution in [3.8, 4) is 23.8 Å². The number of imide groups is 1. The number of terminal acetylenes is 1. The molecule has 1 aliphatic heterocycles. The molecule has 5 nitrogen and oxygen atoms in total. The molecule has 1 aliphatic rings. The molecule has 0 unspecified atom stereocenters. The number of nitrogens with zero attached hydrogens (tertiary/aromatic N) is 1. The van der Waals surface area contributed by atoms with Gasteiger partial charge in [0.2, 0.25) is 0 Å². The zero-order valence-corrected chi connectivity index (χ0v) is 15.2. The molecule has 0 bridgehead atoms. The van der Waals surface area contributed by atoms with Gasteiger partial charge in [0.15, 0.2) is 11.5 Å². The van der Waals surface area contributed by atoms with E-state index in [4.69, 9.17) is 27.5 Å². The van der Waals surface area contributed by atoms with E-state index in [1.54, 1.807) is 18.2 Å². The molecular formula is C18H16ClNO4S. The quantitative estimate of drug-likeness (QED) is 0.409. The normalized spacial score (nSPS) is 15.4. The Morgan fingerprint density at radius 2 is 2.16 bits per heavy atom. The molecule has 0 radical (unpaired) electrons. The summed E-state index contributed by atoms with van der Waals surface area (Å²) in [5.41, 5.74) is 0.616. The van der Waals surface area contributed by atoms with Crippen LogP contribution in [0, 0.1) is 12.3 Å². The number of benzene rings is 1. The number of hydrogen-bond donors (Lipinski definition) is 0. The first-order valence-corrected chi connectivity index (χ1v) is 8.60. The van der Waals surface area contributed by atoms with Gasteiger partial charge in [0.05, 0.1) is 16.5 Å². The van der Waals surface area contributed by atoms with Crippen molar-refractivity contribution in [2.45, 2.75) is 6.92 Å². The minimum Gasteiger partial charge on any atom is -0.490 e. The fourth-order valence-electron chi connectivity index (χ4n) is 2.13. The Morgan fingerprint density at radius 1 is 1.40 bits per heavy atom. The van der Waals surface area contributed by atoms with E-state index in [1.165, 1.54) is 6.08 Å². The maximum atomic E-state index is 12.3. The average molecular weight is 378 g/mol. The van der Waals surface area contributed by atoms with Crippen LogP contribution in [0.1, 0.15) is 12.5 Å². The Kier molecular flexibility index (Phi) is 6.57. The fraction of sp³-hybridized carbons (Fsp3) is 0.222. The van der Waals surface area contributed by atoms with Crippen LogP contribution in [0.3, 0.4) is 0 Å². The molecule has 2 rings (SSSR count). The number of carbonyl (C=O) groups is 2. The van der Waals surface area contributed by atoms with Gasteiger partial charge < -0.3 is 9.47 Å². The van der Waals surface area contributed by atoms with Crippen LogP contribution in [0.4, 0.5) is 4.79 Å². The predicted molar refractivity (Wildman–Crippen MR) is 99.8 cm³/mol. The van der Waals surface area contributed by atoms with Crippen LogP contribution in [0.5, 0.6) is 11.5 Å². The smallest absolute Gasteiger partial charge is 0.293 e. The Balaban J connectivity index is 2.37. The van der Waals surface area contributed by atoms with Crippen molar-refractivity contribution in [3.63, 3.8) is 0 Å². The van der Waals surface area contributed by atoms with Gasteiger partial charge in [-0.05, 0) is 42.5 Å². The third kappa shape index (κ3) is 4.38. The van der Waals surface area contributed by atoms with E-state index < -0.39 is 0 Å². The zero-order chi connectivity index (χ0) is 18.4. The minimum atomic E-state index is -0.364. The van der Waals surface area contributed by atoms with E-state index in [-0.39, 0.29) is 24.3 Å². The van der Waals surface area contributed by atoms with Crippen LogP contribution < -0.4 is 9.47 Å². The van der Waals surface area contributed by atoms with Crippen molar-refractivity contribution in [2.24, 2.45) is 0 Å². The summed E-state index contributed by atoms with van der Waals surface area (Å²) in [5, 5.41) is -0.0287. The maximum absolute atomic E-state index is 12.3. The molecule has 1 aromatic rings. The van der Waals surface area contributed by atoms with Crippen molar-refractivity contribution in [1.82, 2.24) is 4.90 Å². The van der Waals surface area contributed by atoms with Gasteiger partial charge in [-0.3, -0.25) is 14.5 Å². The highest BCUT2D eigenvalue weighted by molar-refractivity contribution is 8.18. The number of halogens is 1. The van der Waals surface area contributed by atoms with Gasteiger partial charge in [0.25, 0.3) is 11.1 Å². The molecular weight excluding hydrogens is 362 g/mol. The highest BCUT2D eigenvalue weighted by Crippen LogP contribution is 2.39. The molecule has 2 amide bonds. The van der Waals surface area contributed by atoms with Gasteiger partial charge in [-0.15, -0.1) is 13.0 Å². The molecule has 0 aliphatic carbocycles. The van der Waals surface area contributed by atoms with Gasteiger partial charge in [0, 0.05) is 6.54 Å². The lowest BCUT2D eigenvalue weighted by Gasteiger charge is -2.13. The standard InChI is InChI=1S/C18H16ClNO4S/c1-4-7-20-17(21)15(25-18(20)22)11-12-9-13(19)16(24-8-5-2)14(10-12)23-6-3/h2,4,9-11H,1,6-8H2,3H3/b15-11+. The fourth-order valence-corrected chi connectivity index (χ4v) is 3.25. The zero-order valence-electron chi connectivity index (χ0n) is 13.6. The molecule has 1 saturated heterocycles. The summed E-state index contributed by atoms with van der Waals surface area (Å²) >= 11 is 7.12. The molecule has 0 atom stereocenters. The number of rotatable bonds is 7. The van der Waals surface area contributed by atoms with E-state index in [2.05, 4.69) is 12.5 Å². The first-order valence-electron chi connectivity index (χ1n) is 7.40. The molecule has 0 N–H and O–H groups in total. The molecule has 1 aromatic carbocycles. The predicted octanol–water partition coefficient (Wildman–Crippen LogP) is 3.97. The van der Waals surface area contributed by atoms with Gasteiger partial charge in [0.1, 0.15) is 6.61 Å². The molecule has 1 fully saturated rings. The van der Waals surface area contributed by atoms with E-state index in [1.807, 2.05) is 6.92 Å². The van der Waals surface area contributed by atoms with Gasteiger partial charge >= 0.3 is 0 Å². The SMILES string of the molecule is C#CCOc1c(Cl)cc(/C=C2/SC(=O)N(CC=C)C2=O)cc1OCC. The largest absolute Gasteiger partial charge is 0.490 e. The summed E-state index contributed by atoms with van der Waals surface area (Å²) in [6.45, 7) is 6.00. The van der Waals surface area contributed by atoms with Crippen LogP contribution in [0.2, 0.25) is 5.02 Å². The van der Waals surface area contributed by atoms with E-state index in [0.717, 1.165) is 16.7 Å². The third-order valence-corrected chi connectivity index (χ3v) is 4.30. The summed E-state index contributed by atoms with van der Waals surface area (Å²) in [4.78, 5) is 25.6. The van der Waals surface area contributed by atoms with Crippen molar-refractivity contribution in [2.75, 3.05) is 19.8 Å². The summed E-state index contributed by atoms with van der Waals surface area (Å²) < 4.78 is 11.0. The van der Waals surface area contributed by atoms with Gasteiger partial charge in [-0.25, -0.2) is 0 Å². The molecule has 25 heavy (non-hydrogen) atoms. The summed E-state index contributed by atoms with van der Waals surface area (Å²) in [7, 11) is 0. The molecule has 0 saturated carbocycles. The lowest BCUT2D eigenvalue weighted by atomic mass is 10.1. The number of hydrogen-bond acceptors (Lipinski definition) is 5. The Bertz CT molecular complexity index is 782. The second kappa shape index (κ2) is 8.65. The first-order chi connectivity index (χ1) is 12.0. The van der Waals surface area contributed by atoms with Gasteiger partial charge in [-0.2, -0.15) is 0 Å². The molecule has 7 heteroatoms. The van der Waals surface area contributed by atoms with Crippen molar-refractivity contribution in [1.29, 1.82) is 0 Å². The Hall–Kier alpha value is -2.36. The number of amides is 2. The second-order valence-electron chi connectivity index (χ2n) is 4.84. The average Bonchev–Trinajstić information content (AvgIpc) is 2.82. The van der Waals surface area contributed by atoms with Crippen molar-refractivity contribution < 1.29 is 19.1 Å². The minimum absolute atomic E-state index is 0.0551. The van der Waals surface area contributed by atoms with Gasteiger partial charge in [-0.1, -0.05) is 23.6 Å². The van der Waals surface area contributed by atoms with Crippen LogP contribution >= 0.6 is 23.4 Å². The highest BCUT2D eigenvalue weighted by atomic mass is 35.5. The third-order valence-electron chi connectivity index (χ3n) is 3.11. The van der Waals surface area contributed by atoms with Crippen LogP contribution in [-0.4, -0.2) is 35.8 Å². The van der Waals surface area contributed by atoms with E-state index in [9.17, 15) is 9.59 Å². The molecule has 1 heterocycles. The second-order valence-corrected chi connectivity index (χ2v) is 6.24. The van der Waals surface area contributed by atoms with Crippen LogP contribution in [0.25, 0.3) is 6.08 Å². The highest BCUT2D eigenvalue weighted by Gasteiger charge is 2.34. The van der Waals surface area contributed by atoms with Crippen molar-refractivity contribution in [3.05, 3.63) is 40.3 Å². The Morgan fingerprint density at radius 3 is 2.80 bits per heavy atom. The monoisotopic (exact) mass is 377 g/mol. The summed E-state index contributed by atoms with van der Waals surface area (Å²) in [6, 6.07) is 3.31. The summed E-state index contributed by atoms with van der Waals surface area (Å²) in [6.07, 6.45) is 8.29. The number of thioether (sulfide) groups is 1. The lowest BCUT2D eigenvalue weighted by Crippen LogP contribution is -2.27. The van der Waals surface area contributed by atoms with E-state index in [0.29, 0.717) is 33.6 Å². The van der Waals surface area contributed by atoms with Crippen LogP contribution in [-0.2, 0) is 4.79 Å². The first kappa shape index (κ1) is 19.0. The lowest BCUT2D eigenvalue weighted by molar-refractivity contribution is -0.122. The van der Waals surface area contributed by atoms with E-state index >= 15 is 0 Å². The molecule has 130 valence electrons. The maximum Gasteiger partial charge on any atom is 0.293 e. The van der Waals surface area contributed by atoms with Crippen molar-refractivity contribution >= 4 is 40.6 Å². The number of carbonyl (C=O) groups excluding carboxylic acids is 2. The number of ether oxygens (including phenoxy) is 2. The molecule has 0 spiro atoms. The molecule has 0 aromatic heterocycles. The Labute approximate surface area is 155 Å².